The first-order chi connectivity index (χ1) is 12.7. The summed E-state index contributed by atoms with van der Waals surface area (Å²) in [6.07, 6.45) is -0.307. The van der Waals surface area contributed by atoms with Crippen molar-refractivity contribution in [3.8, 4) is 17.2 Å². The minimum Gasteiger partial charge on any atom is -0.493 e. The van der Waals surface area contributed by atoms with Crippen molar-refractivity contribution in [2.24, 2.45) is 0 Å². The first-order valence-corrected chi connectivity index (χ1v) is 8.39. The molecule has 2 aromatic rings. The van der Waals surface area contributed by atoms with Crippen molar-refractivity contribution >= 4 is 11.8 Å². The number of amides is 2. The smallest absolute Gasteiger partial charge is 0.240 e. The first-order valence-electron chi connectivity index (χ1n) is 8.39. The molecule has 2 N–H and O–H groups in total. The molecule has 7 nitrogen and oxygen atoms in total. The number of carbonyl (C=O) groups excluding carboxylic acids is 2. The summed E-state index contributed by atoms with van der Waals surface area (Å²) in [7, 11) is 1.60. The van der Waals surface area contributed by atoms with Crippen molar-refractivity contribution in [2.45, 2.75) is 12.2 Å². The second-order valence-corrected chi connectivity index (χ2v) is 6.23. The van der Waals surface area contributed by atoms with Gasteiger partial charge in [0.1, 0.15) is 18.0 Å². The number of methoxy groups -OCH3 is 1. The molecule has 0 aliphatic carbocycles. The van der Waals surface area contributed by atoms with E-state index < -0.39 is 0 Å². The highest BCUT2D eigenvalue weighted by molar-refractivity contribution is 5.89. The highest BCUT2D eigenvalue weighted by Gasteiger charge is 2.43. The SMILES string of the molecule is COc1ccccc1Oc1ccc(C2NC(=O)C3CNC(=O)CN32)cc1. The van der Waals surface area contributed by atoms with Crippen LogP contribution in [0.4, 0.5) is 0 Å². The highest BCUT2D eigenvalue weighted by Crippen LogP contribution is 2.33. The second kappa shape index (κ2) is 6.68. The average molecular weight is 353 g/mol. The lowest BCUT2D eigenvalue weighted by atomic mass is 10.1. The number of carbonyl (C=O) groups is 2. The Bertz CT molecular complexity index is 837. The minimum absolute atomic E-state index is 0.0654. The third-order valence-corrected chi connectivity index (χ3v) is 4.63. The fourth-order valence-electron chi connectivity index (χ4n) is 3.31. The van der Waals surface area contributed by atoms with Crippen molar-refractivity contribution in [1.29, 1.82) is 0 Å². The molecule has 2 fully saturated rings. The van der Waals surface area contributed by atoms with Crippen LogP contribution < -0.4 is 20.1 Å². The quantitative estimate of drug-likeness (QED) is 0.869. The lowest BCUT2D eigenvalue weighted by molar-refractivity contribution is -0.128. The predicted octanol–water partition coefficient (Wildman–Crippen LogP) is 1.42. The van der Waals surface area contributed by atoms with E-state index in [-0.39, 0.29) is 30.6 Å². The summed E-state index contributed by atoms with van der Waals surface area (Å²) >= 11 is 0. The molecule has 0 spiro atoms. The van der Waals surface area contributed by atoms with Gasteiger partial charge in [0.25, 0.3) is 0 Å². The molecule has 2 heterocycles. The molecule has 2 atom stereocenters. The summed E-state index contributed by atoms with van der Waals surface area (Å²) in [4.78, 5) is 25.7. The number of ether oxygens (including phenoxy) is 2. The third-order valence-electron chi connectivity index (χ3n) is 4.63. The Morgan fingerprint density at radius 3 is 2.50 bits per heavy atom. The van der Waals surface area contributed by atoms with E-state index in [4.69, 9.17) is 9.47 Å². The molecule has 0 aromatic heterocycles. The molecule has 0 radical (unpaired) electrons. The Morgan fingerprint density at radius 1 is 1.04 bits per heavy atom. The summed E-state index contributed by atoms with van der Waals surface area (Å²) in [6.45, 7) is 0.545. The maximum absolute atomic E-state index is 12.1. The van der Waals surface area contributed by atoms with Crippen LogP contribution >= 0.6 is 0 Å². The van der Waals surface area contributed by atoms with Gasteiger partial charge in [-0.2, -0.15) is 0 Å². The first kappa shape index (κ1) is 16.4. The fraction of sp³-hybridized carbons (Fsp3) is 0.263. The molecule has 2 unspecified atom stereocenters. The van der Waals surface area contributed by atoms with Crippen LogP contribution in [0, 0.1) is 0 Å². The zero-order chi connectivity index (χ0) is 18.1. The van der Waals surface area contributed by atoms with Crippen LogP contribution in [0.15, 0.2) is 48.5 Å². The van der Waals surface area contributed by atoms with Crippen molar-refractivity contribution in [2.75, 3.05) is 20.2 Å². The fourth-order valence-corrected chi connectivity index (χ4v) is 3.31. The van der Waals surface area contributed by atoms with Crippen LogP contribution in [-0.2, 0) is 9.59 Å². The Kier molecular flexibility index (Phi) is 4.22. The normalized spacial score (nSPS) is 22.3. The maximum atomic E-state index is 12.1. The van der Waals surface area contributed by atoms with Crippen LogP contribution in [0.5, 0.6) is 17.2 Å². The van der Waals surface area contributed by atoms with Crippen LogP contribution in [0.3, 0.4) is 0 Å². The Hall–Kier alpha value is -3.06. The number of hydrogen-bond donors (Lipinski definition) is 2. The van der Waals surface area contributed by atoms with Crippen LogP contribution in [-0.4, -0.2) is 43.0 Å². The molecular formula is C19H19N3O4. The monoisotopic (exact) mass is 353 g/mol. The maximum Gasteiger partial charge on any atom is 0.240 e. The van der Waals surface area contributed by atoms with Gasteiger partial charge in [-0.15, -0.1) is 0 Å². The van der Waals surface area contributed by atoms with Gasteiger partial charge in [0, 0.05) is 6.54 Å². The minimum atomic E-state index is -0.317. The summed E-state index contributed by atoms with van der Waals surface area (Å²) in [5, 5.41) is 5.68. The predicted molar refractivity (Wildman–Crippen MR) is 93.9 cm³/mol. The molecule has 2 aromatic carbocycles. The molecular weight excluding hydrogens is 334 g/mol. The zero-order valence-corrected chi connectivity index (χ0v) is 14.3. The largest absolute Gasteiger partial charge is 0.493 e. The molecule has 2 aliphatic rings. The summed E-state index contributed by atoms with van der Waals surface area (Å²) < 4.78 is 11.2. The lowest BCUT2D eigenvalue weighted by Gasteiger charge is -2.31. The van der Waals surface area contributed by atoms with Crippen LogP contribution in [0.25, 0.3) is 0 Å². The zero-order valence-electron chi connectivity index (χ0n) is 14.3. The second-order valence-electron chi connectivity index (χ2n) is 6.23. The third kappa shape index (κ3) is 2.97. The molecule has 2 saturated heterocycles. The van der Waals surface area contributed by atoms with E-state index in [2.05, 4.69) is 10.6 Å². The van der Waals surface area contributed by atoms with E-state index in [0.717, 1.165) is 5.56 Å². The van der Waals surface area contributed by atoms with Gasteiger partial charge in [-0.05, 0) is 29.8 Å². The van der Waals surface area contributed by atoms with Crippen molar-refractivity contribution < 1.29 is 19.1 Å². The Balaban J connectivity index is 1.52. The van der Waals surface area contributed by atoms with Crippen molar-refractivity contribution in [1.82, 2.24) is 15.5 Å². The summed E-state index contributed by atoms with van der Waals surface area (Å²) in [6, 6.07) is 14.6. The van der Waals surface area contributed by atoms with Gasteiger partial charge in [-0.25, -0.2) is 0 Å². The number of para-hydroxylation sites is 2. The molecule has 2 aliphatic heterocycles. The van der Waals surface area contributed by atoms with E-state index in [1.165, 1.54) is 0 Å². The molecule has 26 heavy (non-hydrogen) atoms. The standard InChI is InChI=1S/C19H19N3O4/c1-25-15-4-2-3-5-16(15)26-13-8-6-12(7-9-13)18-21-19(24)14-10-20-17(23)11-22(14)18/h2-9,14,18H,10-11H2,1H3,(H,20,23)(H,21,24). The van der Waals surface area contributed by atoms with Gasteiger partial charge in [0.15, 0.2) is 11.5 Å². The van der Waals surface area contributed by atoms with E-state index >= 15 is 0 Å². The van der Waals surface area contributed by atoms with Gasteiger partial charge in [-0.1, -0.05) is 24.3 Å². The number of benzene rings is 2. The van der Waals surface area contributed by atoms with E-state index in [1.54, 1.807) is 7.11 Å². The molecule has 4 rings (SSSR count). The van der Waals surface area contributed by atoms with E-state index in [1.807, 2.05) is 53.4 Å². The Morgan fingerprint density at radius 2 is 1.77 bits per heavy atom. The lowest BCUT2D eigenvalue weighted by Crippen LogP contribution is -2.53. The number of rotatable bonds is 4. The van der Waals surface area contributed by atoms with Crippen molar-refractivity contribution in [3.63, 3.8) is 0 Å². The number of piperazine rings is 1. The molecule has 2 amide bonds. The van der Waals surface area contributed by atoms with E-state index in [0.29, 0.717) is 23.8 Å². The van der Waals surface area contributed by atoms with Crippen molar-refractivity contribution in [3.05, 3.63) is 54.1 Å². The molecule has 0 bridgehead atoms. The van der Waals surface area contributed by atoms with Gasteiger partial charge in [0.05, 0.1) is 13.7 Å². The summed E-state index contributed by atoms with van der Waals surface area (Å²) in [5.74, 6) is 1.81. The molecule has 7 heteroatoms. The summed E-state index contributed by atoms with van der Waals surface area (Å²) in [5.41, 5.74) is 0.905. The number of nitrogens with zero attached hydrogens (tertiary/aromatic N) is 1. The number of hydrogen-bond acceptors (Lipinski definition) is 5. The number of fused-ring (bicyclic) bond motifs is 1. The number of nitrogens with one attached hydrogen (secondary N) is 2. The average Bonchev–Trinajstić information content (AvgIpc) is 2.99. The molecule has 0 saturated carbocycles. The van der Waals surface area contributed by atoms with Crippen LogP contribution in [0.1, 0.15) is 11.7 Å². The molecule has 134 valence electrons. The van der Waals surface area contributed by atoms with Gasteiger partial charge in [-0.3, -0.25) is 14.5 Å². The van der Waals surface area contributed by atoms with E-state index in [9.17, 15) is 9.59 Å². The highest BCUT2D eigenvalue weighted by atomic mass is 16.5. The van der Waals surface area contributed by atoms with Gasteiger partial charge < -0.3 is 20.1 Å². The Labute approximate surface area is 150 Å². The van der Waals surface area contributed by atoms with Crippen LogP contribution in [0.2, 0.25) is 0 Å². The van der Waals surface area contributed by atoms with Gasteiger partial charge >= 0.3 is 0 Å². The topological polar surface area (TPSA) is 79.9 Å². The van der Waals surface area contributed by atoms with Gasteiger partial charge in [0.2, 0.25) is 11.8 Å².